The lowest BCUT2D eigenvalue weighted by Gasteiger charge is -2.34. The lowest BCUT2D eigenvalue weighted by molar-refractivity contribution is 0.0702. The van der Waals surface area contributed by atoms with Gasteiger partial charge in [-0.15, -0.1) is 0 Å². The van der Waals surface area contributed by atoms with E-state index in [9.17, 15) is 13.2 Å². The zero-order valence-electron chi connectivity index (χ0n) is 14.2. The number of carbonyl (C=O) groups excluding carboxylic acids is 1. The Bertz CT molecular complexity index is 863. The number of hydrogen-bond acceptors (Lipinski definition) is 5. The SMILES string of the molecule is O=C(NO)c1ccccc1S(=O)(=O)N1CCN(Cc2ccccc2)CC1. The molecule has 138 valence electrons. The van der Waals surface area contributed by atoms with Gasteiger partial charge in [0.1, 0.15) is 0 Å². The average molecular weight is 375 g/mol. The molecule has 0 aliphatic carbocycles. The Hall–Kier alpha value is -2.26. The van der Waals surface area contributed by atoms with Crippen LogP contribution in [0, 0.1) is 0 Å². The summed E-state index contributed by atoms with van der Waals surface area (Å²) in [5, 5.41) is 8.85. The summed E-state index contributed by atoms with van der Waals surface area (Å²) < 4.78 is 27.3. The third kappa shape index (κ3) is 3.94. The first-order valence-electron chi connectivity index (χ1n) is 8.32. The number of hydrogen-bond donors (Lipinski definition) is 2. The van der Waals surface area contributed by atoms with Crippen LogP contribution in [0.4, 0.5) is 0 Å². The Labute approximate surface area is 152 Å². The first kappa shape index (κ1) is 18.5. The van der Waals surface area contributed by atoms with Crippen molar-refractivity contribution >= 4 is 15.9 Å². The van der Waals surface area contributed by atoms with E-state index in [1.54, 1.807) is 12.1 Å². The van der Waals surface area contributed by atoms with Gasteiger partial charge in [0.25, 0.3) is 5.91 Å². The van der Waals surface area contributed by atoms with Crippen molar-refractivity contribution in [2.45, 2.75) is 11.4 Å². The van der Waals surface area contributed by atoms with Gasteiger partial charge in [0.05, 0.1) is 10.5 Å². The molecule has 0 unspecified atom stereocenters. The summed E-state index contributed by atoms with van der Waals surface area (Å²) in [6.45, 7) is 2.71. The fourth-order valence-electron chi connectivity index (χ4n) is 3.05. The highest BCUT2D eigenvalue weighted by Crippen LogP contribution is 2.22. The molecule has 0 spiro atoms. The van der Waals surface area contributed by atoms with Crippen LogP contribution >= 0.6 is 0 Å². The molecule has 1 aliphatic rings. The highest BCUT2D eigenvalue weighted by atomic mass is 32.2. The Morgan fingerprint density at radius 3 is 2.23 bits per heavy atom. The Morgan fingerprint density at radius 2 is 1.58 bits per heavy atom. The molecule has 8 heteroatoms. The van der Waals surface area contributed by atoms with E-state index >= 15 is 0 Å². The molecular formula is C18H21N3O4S. The molecule has 1 fully saturated rings. The molecule has 1 saturated heterocycles. The maximum absolute atomic E-state index is 12.9. The summed E-state index contributed by atoms with van der Waals surface area (Å²) >= 11 is 0. The number of nitrogens with one attached hydrogen (secondary N) is 1. The second kappa shape index (κ2) is 7.96. The summed E-state index contributed by atoms with van der Waals surface area (Å²) in [5.41, 5.74) is 2.62. The molecule has 2 aromatic rings. The van der Waals surface area contributed by atoms with Crippen LogP contribution in [-0.4, -0.2) is 54.9 Å². The minimum absolute atomic E-state index is 0.0679. The summed E-state index contributed by atoms with van der Waals surface area (Å²) in [6.07, 6.45) is 0. The number of hydroxylamine groups is 1. The Kier molecular flexibility index (Phi) is 5.67. The molecular weight excluding hydrogens is 354 g/mol. The molecule has 3 rings (SSSR count). The van der Waals surface area contributed by atoms with E-state index < -0.39 is 15.9 Å². The molecule has 0 aromatic heterocycles. The van der Waals surface area contributed by atoms with Crippen LogP contribution < -0.4 is 5.48 Å². The largest absolute Gasteiger partial charge is 0.296 e. The summed E-state index contributed by atoms with van der Waals surface area (Å²) in [5.74, 6) is -0.841. The first-order chi connectivity index (χ1) is 12.5. The van der Waals surface area contributed by atoms with Gasteiger partial charge in [-0.1, -0.05) is 42.5 Å². The topological polar surface area (TPSA) is 89.9 Å². The van der Waals surface area contributed by atoms with Gasteiger partial charge in [-0.05, 0) is 17.7 Å². The highest BCUT2D eigenvalue weighted by Gasteiger charge is 2.31. The molecule has 7 nitrogen and oxygen atoms in total. The Balaban J connectivity index is 1.72. The second-order valence-electron chi connectivity index (χ2n) is 6.10. The zero-order chi connectivity index (χ0) is 18.6. The molecule has 0 atom stereocenters. The van der Waals surface area contributed by atoms with Gasteiger partial charge in [0.15, 0.2) is 0 Å². The third-order valence-electron chi connectivity index (χ3n) is 4.43. The summed E-state index contributed by atoms with van der Waals surface area (Å²) in [4.78, 5) is 13.9. The normalized spacial score (nSPS) is 16.3. The van der Waals surface area contributed by atoms with Gasteiger partial charge in [0, 0.05) is 32.7 Å². The van der Waals surface area contributed by atoms with Crippen LogP contribution in [0.5, 0.6) is 0 Å². The standard InChI is InChI=1S/C18H21N3O4S/c22-18(19-23)16-8-4-5-9-17(16)26(24,25)21-12-10-20(11-13-21)14-15-6-2-1-3-7-15/h1-9,23H,10-14H2,(H,19,22). The van der Waals surface area contributed by atoms with Gasteiger partial charge in [-0.25, -0.2) is 13.9 Å². The predicted octanol–water partition coefficient (Wildman–Crippen LogP) is 1.31. The van der Waals surface area contributed by atoms with Crippen molar-refractivity contribution in [2.75, 3.05) is 26.2 Å². The van der Waals surface area contributed by atoms with Crippen molar-refractivity contribution in [2.24, 2.45) is 0 Å². The molecule has 26 heavy (non-hydrogen) atoms. The van der Waals surface area contributed by atoms with E-state index in [2.05, 4.69) is 4.90 Å². The van der Waals surface area contributed by atoms with Crippen molar-refractivity contribution in [1.82, 2.24) is 14.7 Å². The minimum atomic E-state index is -3.81. The number of sulfonamides is 1. The van der Waals surface area contributed by atoms with Gasteiger partial charge >= 0.3 is 0 Å². The molecule has 0 saturated carbocycles. The van der Waals surface area contributed by atoms with Crippen molar-refractivity contribution in [3.05, 3.63) is 65.7 Å². The van der Waals surface area contributed by atoms with Crippen molar-refractivity contribution in [3.63, 3.8) is 0 Å². The van der Waals surface area contributed by atoms with E-state index in [0.717, 1.165) is 6.54 Å². The number of piperazine rings is 1. The number of benzene rings is 2. The van der Waals surface area contributed by atoms with Crippen LogP contribution in [0.25, 0.3) is 0 Å². The van der Waals surface area contributed by atoms with E-state index in [4.69, 9.17) is 5.21 Å². The number of carbonyl (C=O) groups is 1. The van der Waals surface area contributed by atoms with Crippen molar-refractivity contribution in [1.29, 1.82) is 0 Å². The van der Waals surface area contributed by atoms with E-state index in [-0.39, 0.29) is 10.5 Å². The molecule has 0 radical (unpaired) electrons. The maximum atomic E-state index is 12.9. The van der Waals surface area contributed by atoms with Crippen LogP contribution in [0.15, 0.2) is 59.5 Å². The monoisotopic (exact) mass is 375 g/mol. The van der Waals surface area contributed by atoms with Gasteiger partial charge in [-0.3, -0.25) is 14.9 Å². The van der Waals surface area contributed by atoms with E-state index in [0.29, 0.717) is 26.2 Å². The fraction of sp³-hybridized carbons (Fsp3) is 0.278. The fourth-order valence-corrected chi connectivity index (χ4v) is 4.66. The lowest BCUT2D eigenvalue weighted by atomic mass is 10.2. The van der Waals surface area contributed by atoms with Gasteiger partial charge in [-0.2, -0.15) is 4.31 Å². The van der Waals surface area contributed by atoms with Crippen LogP contribution in [0.3, 0.4) is 0 Å². The van der Waals surface area contributed by atoms with Gasteiger partial charge < -0.3 is 0 Å². The molecule has 2 N–H and O–H groups in total. The molecule has 1 amide bonds. The quantitative estimate of drug-likeness (QED) is 0.608. The molecule has 1 aliphatic heterocycles. The zero-order valence-corrected chi connectivity index (χ0v) is 15.0. The number of amides is 1. The van der Waals surface area contributed by atoms with Crippen LogP contribution in [0.2, 0.25) is 0 Å². The van der Waals surface area contributed by atoms with Gasteiger partial charge in [0.2, 0.25) is 10.0 Å². The van der Waals surface area contributed by atoms with Crippen molar-refractivity contribution in [3.8, 4) is 0 Å². The van der Waals surface area contributed by atoms with Crippen molar-refractivity contribution < 1.29 is 18.4 Å². The lowest BCUT2D eigenvalue weighted by Crippen LogP contribution is -2.48. The Morgan fingerprint density at radius 1 is 0.962 bits per heavy atom. The third-order valence-corrected chi connectivity index (χ3v) is 6.39. The average Bonchev–Trinajstić information content (AvgIpc) is 2.68. The van der Waals surface area contributed by atoms with Crippen LogP contribution in [0.1, 0.15) is 15.9 Å². The maximum Gasteiger partial charge on any atom is 0.276 e. The predicted molar refractivity (Wildman–Crippen MR) is 96.2 cm³/mol. The highest BCUT2D eigenvalue weighted by molar-refractivity contribution is 7.89. The van der Waals surface area contributed by atoms with E-state index in [1.807, 2.05) is 30.3 Å². The number of rotatable bonds is 5. The van der Waals surface area contributed by atoms with E-state index in [1.165, 1.54) is 27.5 Å². The van der Waals surface area contributed by atoms with Crippen LogP contribution in [-0.2, 0) is 16.6 Å². The first-order valence-corrected chi connectivity index (χ1v) is 9.76. The second-order valence-corrected chi connectivity index (χ2v) is 8.01. The molecule has 2 aromatic carbocycles. The number of nitrogens with zero attached hydrogens (tertiary/aromatic N) is 2. The molecule has 0 bridgehead atoms. The summed E-state index contributed by atoms with van der Waals surface area (Å²) in [7, 11) is -3.81. The summed E-state index contributed by atoms with van der Waals surface area (Å²) in [6, 6.07) is 15.9. The molecule has 1 heterocycles. The smallest absolute Gasteiger partial charge is 0.276 e. The minimum Gasteiger partial charge on any atom is -0.296 e.